The third-order valence-corrected chi connectivity index (χ3v) is 7.30. The number of nitrogens with one attached hydrogen (secondary N) is 1. The first-order chi connectivity index (χ1) is 18.4. The third kappa shape index (κ3) is 4.99. The van der Waals surface area contributed by atoms with Gasteiger partial charge in [-0.2, -0.15) is 0 Å². The lowest BCUT2D eigenvalue weighted by Gasteiger charge is -2.28. The summed E-state index contributed by atoms with van der Waals surface area (Å²) in [6, 6.07) is 19.8. The van der Waals surface area contributed by atoms with Crippen LogP contribution in [0, 0.1) is 19.7 Å². The zero-order valence-electron chi connectivity index (χ0n) is 21.3. The second-order valence-electron chi connectivity index (χ2n) is 9.09. The van der Waals surface area contributed by atoms with Crippen molar-refractivity contribution in [2.75, 3.05) is 25.2 Å². The molecule has 9 heteroatoms. The summed E-state index contributed by atoms with van der Waals surface area (Å²) in [5, 5.41) is 4.52. The largest absolute Gasteiger partial charge is 0.490 e. The smallest absolute Gasteiger partial charge is 0.174 e. The van der Waals surface area contributed by atoms with Gasteiger partial charge in [-0.05, 0) is 86.2 Å². The summed E-state index contributed by atoms with van der Waals surface area (Å²) < 4.78 is 27.0. The topological polar surface area (TPSA) is 51.6 Å². The lowest BCUT2D eigenvalue weighted by atomic mass is 9.96. The SMILES string of the molecule is COCCOc1ccc(N2C(=S)N[C@@H](c3ccccn3)[C@@H]2c2cc(C)n(-c3cccc(F)c3)c2C)cc1Cl. The van der Waals surface area contributed by atoms with E-state index in [4.69, 9.17) is 33.3 Å². The number of aryl methyl sites for hydroxylation is 1. The Labute approximate surface area is 232 Å². The first-order valence-corrected chi connectivity index (χ1v) is 13.0. The Morgan fingerprint density at radius 2 is 1.87 bits per heavy atom. The summed E-state index contributed by atoms with van der Waals surface area (Å²) in [4.78, 5) is 6.70. The Balaban J connectivity index is 1.61. The van der Waals surface area contributed by atoms with Crippen LogP contribution in [0.3, 0.4) is 0 Å². The van der Waals surface area contributed by atoms with Gasteiger partial charge in [-0.3, -0.25) is 4.98 Å². The molecule has 5 rings (SSSR count). The quantitative estimate of drug-likeness (QED) is 0.200. The zero-order valence-corrected chi connectivity index (χ0v) is 22.9. The van der Waals surface area contributed by atoms with E-state index in [1.165, 1.54) is 12.1 Å². The van der Waals surface area contributed by atoms with Crippen LogP contribution in [0.4, 0.5) is 10.1 Å². The molecule has 1 saturated heterocycles. The van der Waals surface area contributed by atoms with Crippen molar-refractivity contribution >= 4 is 34.6 Å². The highest BCUT2D eigenvalue weighted by Gasteiger charge is 2.42. The molecule has 0 spiro atoms. The van der Waals surface area contributed by atoms with E-state index in [1.54, 1.807) is 19.4 Å². The molecule has 0 bridgehead atoms. The molecule has 4 aromatic rings. The zero-order chi connectivity index (χ0) is 26.8. The fourth-order valence-corrected chi connectivity index (χ4v) is 5.62. The predicted molar refractivity (Wildman–Crippen MR) is 152 cm³/mol. The molecule has 6 nitrogen and oxygen atoms in total. The van der Waals surface area contributed by atoms with Crippen LogP contribution < -0.4 is 15.0 Å². The van der Waals surface area contributed by atoms with Gasteiger partial charge in [0.25, 0.3) is 0 Å². The van der Waals surface area contributed by atoms with Crippen molar-refractivity contribution in [1.82, 2.24) is 14.9 Å². The molecule has 0 radical (unpaired) electrons. The molecule has 1 N–H and O–H groups in total. The Morgan fingerprint density at radius 3 is 2.58 bits per heavy atom. The molecule has 38 heavy (non-hydrogen) atoms. The monoisotopic (exact) mass is 550 g/mol. The summed E-state index contributed by atoms with van der Waals surface area (Å²) in [7, 11) is 1.62. The standard InChI is InChI=1S/C29H28ClFN4O2S/c1-18-15-23(19(2)34(18)21-8-6-7-20(31)16-21)28-27(25-9-4-5-12-32-25)33-29(38)35(28)22-10-11-26(24(30)17-22)37-14-13-36-3/h4-12,15-17,27-28H,13-14H2,1-3H3,(H,33,38)/t27-,28-/m0/s1. The maximum atomic E-state index is 14.1. The third-order valence-electron chi connectivity index (χ3n) is 6.69. The molecule has 1 aliphatic rings. The molecule has 1 fully saturated rings. The summed E-state index contributed by atoms with van der Waals surface area (Å²) in [5.74, 6) is 0.295. The lowest BCUT2D eigenvalue weighted by Crippen LogP contribution is -2.29. The van der Waals surface area contributed by atoms with Crippen LogP contribution in [0.15, 0.2) is 72.9 Å². The molecule has 2 aromatic carbocycles. The molecule has 2 atom stereocenters. The molecule has 3 heterocycles. The summed E-state index contributed by atoms with van der Waals surface area (Å²) >= 11 is 12.5. The number of methoxy groups -OCH3 is 1. The van der Waals surface area contributed by atoms with Crippen LogP contribution in [0.2, 0.25) is 5.02 Å². The number of hydrogen-bond acceptors (Lipinski definition) is 4. The van der Waals surface area contributed by atoms with Gasteiger partial charge in [0, 0.05) is 36.1 Å². The van der Waals surface area contributed by atoms with Crippen LogP contribution in [-0.2, 0) is 4.74 Å². The molecule has 0 unspecified atom stereocenters. The van der Waals surface area contributed by atoms with Crippen molar-refractivity contribution in [3.05, 3.63) is 106 Å². The van der Waals surface area contributed by atoms with Crippen molar-refractivity contribution in [2.24, 2.45) is 0 Å². The fraction of sp³-hybridized carbons (Fsp3) is 0.241. The van der Waals surface area contributed by atoms with Crippen LogP contribution >= 0.6 is 23.8 Å². The average molecular weight is 551 g/mol. The van der Waals surface area contributed by atoms with Crippen LogP contribution in [-0.4, -0.2) is 35.0 Å². The van der Waals surface area contributed by atoms with Crippen molar-refractivity contribution in [1.29, 1.82) is 0 Å². The van der Waals surface area contributed by atoms with Crippen molar-refractivity contribution in [3.63, 3.8) is 0 Å². The number of aromatic nitrogens is 2. The maximum Gasteiger partial charge on any atom is 0.174 e. The number of nitrogens with zero attached hydrogens (tertiary/aromatic N) is 3. The number of pyridine rings is 1. The highest BCUT2D eigenvalue weighted by molar-refractivity contribution is 7.80. The Kier molecular flexibility index (Phi) is 7.65. The van der Waals surface area contributed by atoms with Crippen LogP contribution in [0.25, 0.3) is 5.69 Å². The molecule has 1 aliphatic heterocycles. The minimum atomic E-state index is -0.282. The van der Waals surface area contributed by atoms with Crippen molar-refractivity contribution in [2.45, 2.75) is 25.9 Å². The van der Waals surface area contributed by atoms with Gasteiger partial charge < -0.3 is 24.3 Å². The number of halogens is 2. The second-order valence-corrected chi connectivity index (χ2v) is 9.89. The van der Waals surface area contributed by atoms with Gasteiger partial charge in [-0.15, -0.1) is 0 Å². The Bertz CT molecular complexity index is 1460. The van der Waals surface area contributed by atoms with E-state index < -0.39 is 0 Å². The molecule has 0 saturated carbocycles. The van der Waals surface area contributed by atoms with Gasteiger partial charge in [0.05, 0.1) is 29.4 Å². The number of rotatable bonds is 8. The minimum Gasteiger partial charge on any atom is -0.490 e. The van der Waals surface area contributed by atoms with Crippen molar-refractivity contribution < 1.29 is 13.9 Å². The molecular weight excluding hydrogens is 523 g/mol. The van der Waals surface area contributed by atoms with Crippen LogP contribution in [0.1, 0.15) is 34.7 Å². The van der Waals surface area contributed by atoms with E-state index in [0.29, 0.717) is 29.1 Å². The van der Waals surface area contributed by atoms with E-state index in [2.05, 4.69) is 25.8 Å². The van der Waals surface area contributed by atoms with Gasteiger partial charge >= 0.3 is 0 Å². The van der Waals surface area contributed by atoms with Gasteiger partial charge in [0.1, 0.15) is 18.2 Å². The maximum absolute atomic E-state index is 14.1. The van der Waals surface area contributed by atoms with Gasteiger partial charge in [0.15, 0.2) is 5.11 Å². The Hall–Kier alpha value is -3.46. The number of benzene rings is 2. The average Bonchev–Trinajstić information content (AvgIpc) is 3.40. The highest BCUT2D eigenvalue weighted by atomic mass is 35.5. The summed E-state index contributed by atoms with van der Waals surface area (Å²) in [5.41, 5.74) is 5.48. The first kappa shape index (κ1) is 26.2. The fourth-order valence-electron chi connectivity index (χ4n) is 5.04. The normalized spacial score (nSPS) is 17.1. The van der Waals surface area contributed by atoms with E-state index in [0.717, 1.165) is 34.0 Å². The molecule has 0 aliphatic carbocycles. The van der Waals surface area contributed by atoms with E-state index >= 15 is 0 Å². The number of anilines is 1. The van der Waals surface area contributed by atoms with Gasteiger partial charge in [0.2, 0.25) is 0 Å². The summed E-state index contributed by atoms with van der Waals surface area (Å²) in [6.45, 7) is 4.93. The van der Waals surface area contributed by atoms with Gasteiger partial charge in [-0.1, -0.05) is 23.7 Å². The molecular formula is C29H28ClFN4O2S. The molecule has 0 amide bonds. The van der Waals surface area contributed by atoms with E-state index in [-0.39, 0.29) is 17.9 Å². The number of ether oxygens (including phenoxy) is 2. The molecule has 196 valence electrons. The number of thiocarbonyl (C=S) groups is 1. The van der Waals surface area contributed by atoms with Crippen molar-refractivity contribution in [3.8, 4) is 11.4 Å². The lowest BCUT2D eigenvalue weighted by molar-refractivity contribution is 0.146. The molecule has 2 aromatic heterocycles. The van der Waals surface area contributed by atoms with Crippen LogP contribution in [0.5, 0.6) is 5.75 Å². The van der Waals surface area contributed by atoms with E-state index in [9.17, 15) is 4.39 Å². The second kappa shape index (κ2) is 11.1. The number of hydrogen-bond donors (Lipinski definition) is 1. The predicted octanol–water partition coefficient (Wildman–Crippen LogP) is 6.48. The minimum absolute atomic E-state index is 0.221. The Morgan fingerprint density at radius 1 is 1.03 bits per heavy atom. The highest BCUT2D eigenvalue weighted by Crippen LogP contribution is 2.45. The van der Waals surface area contributed by atoms with E-state index in [1.807, 2.05) is 56.3 Å². The first-order valence-electron chi connectivity index (χ1n) is 12.3. The van der Waals surface area contributed by atoms with Gasteiger partial charge in [-0.25, -0.2) is 4.39 Å². The summed E-state index contributed by atoms with van der Waals surface area (Å²) in [6.07, 6.45) is 1.78.